The lowest BCUT2D eigenvalue weighted by molar-refractivity contribution is 0.0366. The number of aromatic nitrogens is 2. The van der Waals surface area contributed by atoms with E-state index in [0.717, 1.165) is 26.1 Å². The van der Waals surface area contributed by atoms with Gasteiger partial charge in [0.15, 0.2) is 0 Å². The Labute approximate surface area is 148 Å². The van der Waals surface area contributed by atoms with Crippen molar-refractivity contribution >= 4 is 38.4 Å². The summed E-state index contributed by atoms with van der Waals surface area (Å²) in [4.78, 5) is 26.9. The van der Waals surface area contributed by atoms with Gasteiger partial charge in [-0.25, -0.2) is 15.4 Å². The van der Waals surface area contributed by atoms with Crippen molar-refractivity contribution in [1.82, 2.24) is 15.4 Å². The number of amides is 1. The molecule has 4 rings (SSSR count). The van der Waals surface area contributed by atoms with Crippen LogP contribution in [0.5, 0.6) is 0 Å². The molecule has 0 atom stereocenters. The van der Waals surface area contributed by atoms with E-state index in [9.17, 15) is 4.79 Å². The molecule has 5 nitrogen and oxygen atoms in total. The average molecular weight is 349 g/mol. The second kappa shape index (κ2) is 6.58. The first kappa shape index (κ1) is 15.7. The zero-order chi connectivity index (χ0) is 17.2. The van der Waals surface area contributed by atoms with E-state index in [-0.39, 0.29) is 5.91 Å². The third-order valence-corrected chi connectivity index (χ3v) is 4.84. The summed E-state index contributed by atoms with van der Waals surface area (Å²) in [5.74, 6) is -0.289. The number of para-hydroxylation sites is 2. The Kier molecular flexibility index (Phi) is 4.13. The number of hydrogen-bond acceptors (Lipinski definition) is 5. The molecule has 2 heterocycles. The fourth-order valence-electron chi connectivity index (χ4n) is 2.65. The molecule has 0 aliphatic rings. The number of thiazole rings is 1. The minimum absolute atomic E-state index is 0.289. The summed E-state index contributed by atoms with van der Waals surface area (Å²) < 4.78 is 1.09. The van der Waals surface area contributed by atoms with Crippen molar-refractivity contribution < 1.29 is 9.63 Å². The molecular formula is C19H15N3O2S. The standard InChI is InChI=1S/C19H15N3O2S/c1-2-24-22-18(23)13-11-16(20-14-8-4-3-7-12(13)14)19-21-15-9-5-6-10-17(15)25-19/h3-11H,2H2,1H3,(H,22,23). The smallest absolute Gasteiger partial charge is 0.274 e. The van der Waals surface area contributed by atoms with Gasteiger partial charge in [-0.2, -0.15) is 0 Å². The SMILES string of the molecule is CCONC(=O)c1cc(-c2nc3ccccc3s2)nc2ccccc12. The summed E-state index contributed by atoms with van der Waals surface area (Å²) in [5.41, 5.74) is 5.35. The van der Waals surface area contributed by atoms with Crippen LogP contribution in [0.2, 0.25) is 0 Å². The molecule has 0 spiro atoms. The van der Waals surface area contributed by atoms with Crippen LogP contribution in [0, 0.1) is 0 Å². The van der Waals surface area contributed by atoms with Crippen molar-refractivity contribution in [2.75, 3.05) is 6.61 Å². The van der Waals surface area contributed by atoms with Crippen molar-refractivity contribution in [3.63, 3.8) is 0 Å². The van der Waals surface area contributed by atoms with E-state index in [0.29, 0.717) is 17.9 Å². The molecule has 0 aliphatic heterocycles. The van der Waals surface area contributed by atoms with Crippen LogP contribution < -0.4 is 5.48 Å². The maximum atomic E-state index is 12.5. The van der Waals surface area contributed by atoms with E-state index in [1.165, 1.54) is 0 Å². The maximum absolute atomic E-state index is 12.5. The number of rotatable bonds is 4. The Morgan fingerprint density at radius 2 is 1.84 bits per heavy atom. The van der Waals surface area contributed by atoms with Crippen molar-refractivity contribution in [2.24, 2.45) is 0 Å². The molecule has 4 aromatic rings. The molecule has 0 aliphatic carbocycles. The van der Waals surface area contributed by atoms with Crippen molar-refractivity contribution in [2.45, 2.75) is 6.92 Å². The Hall–Kier alpha value is -2.83. The van der Waals surface area contributed by atoms with Crippen LogP contribution in [0.15, 0.2) is 54.6 Å². The first-order chi connectivity index (χ1) is 12.3. The van der Waals surface area contributed by atoms with Gasteiger partial charge >= 0.3 is 0 Å². The molecule has 0 saturated heterocycles. The van der Waals surface area contributed by atoms with Crippen LogP contribution in [-0.2, 0) is 4.84 Å². The Balaban J connectivity index is 1.88. The molecule has 0 unspecified atom stereocenters. The highest BCUT2D eigenvalue weighted by Crippen LogP contribution is 2.31. The van der Waals surface area contributed by atoms with Crippen LogP contribution >= 0.6 is 11.3 Å². The van der Waals surface area contributed by atoms with Crippen LogP contribution in [0.4, 0.5) is 0 Å². The van der Waals surface area contributed by atoms with Crippen LogP contribution in [-0.4, -0.2) is 22.5 Å². The van der Waals surface area contributed by atoms with E-state index < -0.39 is 0 Å². The Morgan fingerprint density at radius 3 is 2.64 bits per heavy atom. The van der Waals surface area contributed by atoms with E-state index in [1.807, 2.05) is 55.5 Å². The largest absolute Gasteiger partial charge is 0.275 e. The molecule has 124 valence electrons. The number of hydrogen-bond donors (Lipinski definition) is 1. The summed E-state index contributed by atoms with van der Waals surface area (Å²) in [6, 6.07) is 17.3. The number of nitrogens with zero attached hydrogens (tertiary/aromatic N) is 2. The third-order valence-electron chi connectivity index (χ3n) is 3.78. The lowest BCUT2D eigenvalue weighted by Crippen LogP contribution is -2.24. The number of carbonyl (C=O) groups is 1. The van der Waals surface area contributed by atoms with Crippen LogP contribution in [0.3, 0.4) is 0 Å². The number of nitrogens with one attached hydrogen (secondary N) is 1. The number of fused-ring (bicyclic) bond motifs is 2. The highest BCUT2D eigenvalue weighted by Gasteiger charge is 2.16. The first-order valence-corrected chi connectivity index (χ1v) is 8.76. The van der Waals surface area contributed by atoms with Gasteiger partial charge < -0.3 is 0 Å². The first-order valence-electron chi connectivity index (χ1n) is 7.94. The van der Waals surface area contributed by atoms with Gasteiger partial charge in [-0.3, -0.25) is 9.63 Å². The average Bonchev–Trinajstić information content (AvgIpc) is 3.09. The monoisotopic (exact) mass is 349 g/mol. The third kappa shape index (κ3) is 2.97. The van der Waals surface area contributed by atoms with Gasteiger partial charge in [-0.1, -0.05) is 30.3 Å². The quantitative estimate of drug-likeness (QED) is 0.561. The predicted octanol–water partition coefficient (Wildman–Crippen LogP) is 4.19. The summed E-state index contributed by atoms with van der Waals surface area (Å²) in [6.07, 6.45) is 0. The normalized spacial score (nSPS) is 11.1. The van der Waals surface area contributed by atoms with E-state index in [1.54, 1.807) is 17.4 Å². The van der Waals surface area contributed by atoms with Crippen LogP contribution in [0.1, 0.15) is 17.3 Å². The molecule has 0 saturated carbocycles. The fraction of sp³-hybridized carbons (Fsp3) is 0.105. The number of carbonyl (C=O) groups excluding carboxylic acids is 1. The Bertz CT molecular complexity index is 1040. The summed E-state index contributed by atoms with van der Waals surface area (Å²) >= 11 is 1.56. The number of benzene rings is 2. The number of hydroxylamine groups is 1. The van der Waals surface area contributed by atoms with Crippen molar-refractivity contribution in [3.8, 4) is 10.7 Å². The number of pyridine rings is 1. The second-order valence-corrected chi connectivity index (χ2v) is 6.45. The zero-order valence-electron chi connectivity index (χ0n) is 13.5. The van der Waals surface area contributed by atoms with Gasteiger partial charge in [0.1, 0.15) is 10.7 Å². The van der Waals surface area contributed by atoms with Gasteiger partial charge in [-0.15, -0.1) is 11.3 Å². The minimum atomic E-state index is -0.289. The lowest BCUT2D eigenvalue weighted by atomic mass is 10.1. The second-order valence-electron chi connectivity index (χ2n) is 5.42. The highest BCUT2D eigenvalue weighted by atomic mass is 32.1. The molecule has 0 bridgehead atoms. The lowest BCUT2D eigenvalue weighted by Gasteiger charge is -2.08. The van der Waals surface area contributed by atoms with Gasteiger partial charge in [0, 0.05) is 5.39 Å². The van der Waals surface area contributed by atoms with Crippen molar-refractivity contribution in [3.05, 3.63) is 60.2 Å². The Morgan fingerprint density at radius 1 is 1.08 bits per heavy atom. The minimum Gasteiger partial charge on any atom is -0.274 e. The summed E-state index contributed by atoms with van der Waals surface area (Å²) in [5, 5.41) is 1.57. The molecule has 1 N–H and O–H groups in total. The van der Waals surface area contributed by atoms with Gasteiger partial charge in [-0.05, 0) is 31.2 Å². The van der Waals surface area contributed by atoms with Gasteiger partial charge in [0.25, 0.3) is 5.91 Å². The highest BCUT2D eigenvalue weighted by molar-refractivity contribution is 7.21. The molecule has 1 amide bonds. The van der Waals surface area contributed by atoms with Gasteiger partial charge in [0.05, 0.1) is 27.9 Å². The summed E-state index contributed by atoms with van der Waals surface area (Å²) in [6.45, 7) is 2.22. The van der Waals surface area contributed by atoms with Crippen molar-refractivity contribution in [1.29, 1.82) is 0 Å². The van der Waals surface area contributed by atoms with E-state index in [2.05, 4.69) is 10.5 Å². The molecule has 6 heteroatoms. The molecule has 0 radical (unpaired) electrons. The molecule has 0 fully saturated rings. The predicted molar refractivity (Wildman–Crippen MR) is 99.4 cm³/mol. The molecule has 2 aromatic heterocycles. The van der Waals surface area contributed by atoms with Crippen LogP contribution in [0.25, 0.3) is 31.8 Å². The van der Waals surface area contributed by atoms with E-state index >= 15 is 0 Å². The van der Waals surface area contributed by atoms with E-state index in [4.69, 9.17) is 9.82 Å². The zero-order valence-corrected chi connectivity index (χ0v) is 14.3. The topological polar surface area (TPSA) is 64.1 Å². The van der Waals surface area contributed by atoms with Gasteiger partial charge in [0.2, 0.25) is 0 Å². The fourth-order valence-corrected chi connectivity index (χ4v) is 3.57. The maximum Gasteiger partial charge on any atom is 0.275 e. The molecular weight excluding hydrogens is 334 g/mol. The molecule has 2 aromatic carbocycles. The molecule has 25 heavy (non-hydrogen) atoms. The summed E-state index contributed by atoms with van der Waals surface area (Å²) in [7, 11) is 0.